The average Bonchev–Trinajstić information content (AvgIpc) is 2.73. The SMILES string of the molecule is CC(C)COC(=O)CCCC(=O)OCC(C)C.CC(C)COC(=O)CCCC(=O)OCC(C)C. The zero-order valence-electron chi connectivity index (χ0n) is 22.6. The first-order chi connectivity index (χ1) is 15.8. The number of hydrogen-bond donors (Lipinski definition) is 0. The number of carbonyl (C=O) groups is 4. The molecule has 0 N–H and O–H groups in total. The standard InChI is InChI=1S/2C13H24O4/c2*1-10(2)8-16-12(14)6-5-7-13(15)17-9-11(3)4/h2*10-11H,5-9H2,1-4H3. The van der Waals surface area contributed by atoms with Crippen LogP contribution in [0.3, 0.4) is 0 Å². The first-order valence-electron chi connectivity index (χ1n) is 12.5. The summed E-state index contributed by atoms with van der Waals surface area (Å²) in [4.78, 5) is 44.9. The molecule has 8 nitrogen and oxygen atoms in total. The predicted molar refractivity (Wildman–Crippen MR) is 131 cm³/mol. The summed E-state index contributed by atoms with van der Waals surface area (Å²) < 4.78 is 20.0. The van der Waals surface area contributed by atoms with Gasteiger partial charge in [-0.05, 0) is 36.5 Å². The largest absolute Gasteiger partial charge is 0.465 e. The van der Waals surface area contributed by atoms with Gasteiger partial charge in [-0.1, -0.05) is 55.4 Å². The van der Waals surface area contributed by atoms with Crippen LogP contribution in [0.1, 0.15) is 93.9 Å². The molecule has 0 aromatic heterocycles. The minimum Gasteiger partial charge on any atom is -0.465 e. The third-order valence-corrected chi connectivity index (χ3v) is 3.83. The van der Waals surface area contributed by atoms with Crippen LogP contribution in [0.5, 0.6) is 0 Å². The Labute approximate surface area is 206 Å². The number of esters is 4. The van der Waals surface area contributed by atoms with E-state index in [0.29, 0.717) is 62.9 Å². The van der Waals surface area contributed by atoms with Crippen molar-refractivity contribution >= 4 is 23.9 Å². The Morgan fingerprint density at radius 1 is 0.412 bits per heavy atom. The molecule has 0 aliphatic heterocycles. The van der Waals surface area contributed by atoms with Crippen LogP contribution in [0.25, 0.3) is 0 Å². The van der Waals surface area contributed by atoms with E-state index in [1.165, 1.54) is 0 Å². The van der Waals surface area contributed by atoms with Crippen LogP contribution < -0.4 is 0 Å². The molecule has 200 valence electrons. The van der Waals surface area contributed by atoms with Crippen LogP contribution in [0.4, 0.5) is 0 Å². The molecule has 0 radical (unpaired) electrons. The molecule has 0 amide bonds. The van der Waals surface area contributed by atoms with Crippen molar-refractivity contribution in [2.75, 3.05) is 26.4 Å². The summed E-state index contributed by atoms with van der Waals surface area (Å²) in [6.45, 7) is 17.6. The van der Waals surface area contributed by atoms with Gasteiger partial charge in [0, 0.05) is 25.7 Å². The van der Waals surface area contributed by atoms with Gasteiger partial charge in [0.2, 0.25) is 0 Å². The van der Waals surface area contributed by atoms with Gasteiger partial charge in [-0.25, -0.2) is 0 Å². The van der Waals surface area contributed by atoms with Crippen LogP contribution in [0.2, 0.25) is 0 Å². The van der Waals surface area contributed by atoms with Crippen molar-refractivity contribution < 1.29 is 38.1 Å². The first kappa shape index (κ1) is 34.0. The molecule has 0 aliphatic rings. The molecule has 0 aromatic rings. The monoisotopic (exact) mass is 488 g/mol. The molecular weight excluding hydrogens is 440 g/mol. The van der Waals surface area contributed by atoms with E-state index in [4.69, 9.17) is 18.9 Å². The van der Waals surface area contributed by atoms with Gasteiger partial charge in [-0.15, -0.1) is 0 Å². The zero-order chi connectivity index (χ0) is 26.5. The maximum absolute atomic E-state index is 11.2. The van der Waals surface area contributed by atoms with E-state index in [2.05, 4.69) is 0 Å². The van der Waals surface area contributed by atoms with Gasteiger partial charge in [0.25, 0.3) is 0 Å². The Hall–Kier alpha value is -2.12. The summed E-state index contributed by atoms with van der Waals surface area (Å²) in [5, 5.41) is 0. The van der Waals surface area contributed by atoms with Gasteiger partial charge < -0.3 is 18.9 Å². The van der Waals surface area contributed by atoms with Gasteiger partial charge in [0.05, 0.1) is 26.4 Å². The fraction of sp³-hybridized carbons (Fsp3) is 0.846. The maximum Gasteiger partial charge on any atom is 0.305 e. The Morgan fingerprint density at radius 2 is 0.588 bits per heavy atom. The molecule has 0 spiro atoms. The fourth-order valence-electron chi connectivity index (χ4n) is 2.08. The second kappa shape index (κ2) is 21.4. The minimum atomic E-state index is -0.240. The van der Waals surface area contributed by atoms with Crippen LogP contribution in [0.15, 0.2) is 0 Å². The Kier molecular flexibility index (Phi) is 21.4. The van der Waals surface area contributed by atoms with E-state index in [9.17, 15) is 19.2 Å². The van der Waals surface area contributed by atoms with E-state index in [-0.39, 0.29) is 49.6 Å². The lowest BCUT2D eigenvalue weighted by molar-refractivity contribution is -0.148. The quantitative estimate of drug-likeness (QED) is 0.218. The third kappa shape index (κ3) is 27.9. The minimum absolute atomic E-state index is 0.240. The van der Waals surface area contributed by atoms with E-state index >= 15 is 0 Å². The van der Waals surface area contributed by atoms with Crippen LogP contribution >= 0.6 is 0 Å². The average molecular weight is 489 g/mol. The van der Waals surface area contributed by atoms with Crippen molar-refractivity contribution in [3.05, 3.63) is 0 Å². The smallest absolute Gasteiger partial charge is 0.305 e. The molecule has 0 fully saturated rings. The van der Waals surface area contributed by atoms with E-state index in [1.807, 2.05) is 55.4 Å². The maximum atomic E-state index is 11.2. The third-order valence-electron chi connectivity index (χ3n) is 3.83. The van der Waals surface area contributed by atoms with Crippen molar-refractivity contribution in [2.24, 2.45) is 23.7 Å². The molecule has 0 bridgehead atoms. The first-order valence-corrected chi connectivity index (χ1v) is 12.5. The highest BCUT2D eigenvalue weighted by Crippen LogP contribution is 2.04. The van der Waals surface area contributed by atoms with Crippen LogP contribution in [-0.2, 0) is 38.1 Å². The highest BCUT2D eigenvalue weighted by atomic mass is 16.5. The fourth-order valence-corrected chi connectivity index (χ4v) is 2.08. The molecule has 8 heteroatoms. The lowest BCUT2D eigenvalue weighted by Gasteiger charge is -2.08. The summed E-state index contributed by atoms with van der Waals surface area (Å²) in [7, 11) is 0. The molecule has 0 unspecified atom stereocenters. The van der Waals surface area contributed by atoms with Crippen molar-refractivity contribution in [2.45, 2.75) is 93.9 Å². The van der Waals surface area contributed by atoms with Crippen molar-refractivity contribution in [1.29, 1.82) is 0 Å². The Bertz CT molecular complexity index is 469. The van der Waals surface area contributed by atoms with E-state index in [1.54, 1.807) is 0 Å². The summed E-state index contributed by atoms with van der Waals surface area (Å²) in [5.41, 5.74) is 0. The summed E-state index contributed by atoms with van der Waals surface area (Å²) in [6.07, 6.45) is 2.11. The molecule has 0 saturated heterocycles. The lowest BCUT2D eigenvalue weighted by atomic mass is 10.2. The molecule has 34 heavy (non-hydrogen) atoms. The second-order valence-corrected chi connectivity index (χ2v) is 10.0. The Balaban J connectivity index is 0. The van der Waals surface area contributed by atoms with Crippen molar-refractivity contribution in [3.8, 4) is 0 Å². The second-order valence-electron chi connectivity index (χ2n) is 10.0. The normalized spacial score (nSPS) is 10.7. The highest BCUT2D eigenvalue weighted by Gasteiger charge is 2.09. The summed E-state index contributed by atoms with van der Waals surface area (Å²) in [6, 6.07) is 0. The summed E-state index contributed by atoms with van der Waals surface area (Å²) >= 11 is 0. The van der Waals surface area contributed by atoms with Gasteiger partial charge >= 0.3 is 23.9 Å². The number of rotatable bonds is 16. The zero-order valence-corrected chi connectivity index (χ0v) is 22.6. The van der Waals surface area contributed by atoms with E-state index < -0.39 is 0 Å². The molecule has 0 aliphatic carbocycles. The Morgan fingerprint density at radius 3 is 0.735 bits per heavy atom. The van der Waals surface area contributed by atoms with Crippen molar-refractivity contribution in [1.82, 2.24) is 0 Å². The van der Waals surface area contributed by atoms with Crippen molar-refractivity contribution in [3.63, 3.8) is 0 Å². The molecule has 0 rings (SSSR count). The van der Waals surface area contributed by atoms with Gasteiger partial charge in [-0.3, -0.25) is 19.2 Å². The molecule has 0 atom stereocenters. The lowest BCUT2D eigenvalue weighted by Crippen LogP contribution is -2.12. The molecule has 0 saturated carbocycles. The van der Waals surface area contributed by atoms with Crippen LogP contribution in [-0.4, -0.2) is 50.3 Å². The van der Waals surface area contributed by atoms with Gasteiger partial charge in [0.1, 0.15) is 0 Å². The van der Waals surface area contributed by atoms with E-state index in [0.717, 1.165) is 0 Å². The summed E-state index contributed by atoms with van der Waals surface area (Å²) in [5.74, 6) is 0.409. The predicted octanol–water partition coefficient (Wildman–Crippen LogP) is 5.11. The molecular formula is C26H48O8. The van der Waals surface area contributed by atoms with Crippen LogP contribution in [0, 0.1) is 23.7 Å². The number of carbonyl (C=O) groups excluding carboxylic acids is 4. The van der Waals surface area contributed by atoms with Gasteiger partial charge in [0.15, 0.2) is 0 Å². The molecule has 0 aromatic carbocycles. The van der Waals surface area contributed by atoms with Gasteiger partial charge in [-0.2, -0.15) is 0 Å². The number of ether oxygens (including phenoxy) is 4. The molecule has 0 heterocycles. The number of hydrogen-bond acceptors (Lipinski definition) is 8. The topological polar surface area (TPSA) is 105 Å². The highest BCUT2D eigenvalue weighted by molar-refractivity contribution is 5.73.